The summed E-state index contributed by atoms with van der Waals surface area (Å²) in [5.74, 6) is 1.14. The molecule has 0 bridgehead atoms. The first-order valence-corrected chi connectivity index (χ1v) is 25.3. The highest BCUT2D eigenvalue weighted by Crippen LogP contribution is 2.51. The summed E-state index contributed by atoms with van der Waals surface area (Å²) in [4.78, 5) is 64.7. The first kappa shape index (κ1) is 44.4. The van der Waals surface area contributed by atoms with Crippen molar-refractivity contribution >= 4 is 37.2 Å². The molecule has 3 atom stereocenters. The lowest BCUT2D eigenvalue weighted by molar-refractivity contribution is -0.135. The molecule has 2 aromatic carbocycles. The highest BCUT2D eigenvalue weighted by atomic mass is 28.3. The van der Waals surface area contributed by atoms with Crippen molar-refractivity contribution < 1.29 is 29.0 Å². The van der Waals surface area contributed by atoms with Gasteiger partial charge in [-0.25, -0.2) is 24.5 Å². The Balaban J connectivity index is 1.12. The van der Waals surface area contributed by atoms with Gasteiger partial charge in [-0.2, -0.15) is 0 Å². The molecule has 3 amide bonds. The molecule has 0 aliphatic carbocycles. The zero-order valence-corrected chi connectivity index (χ0v) is 38.5. The summed E-state index contributed by atoms with van der Waals surface area (Å²) < 4.78 is 13.2. The van der Waals surface area contributed by atoms with Crippen LogP contribution < -0.4 is 5.32 Å². The number of H-pyrrole nitrogens is 1. The minimum absolute atomic E-state index is 0.116. The summed E-state index contributed by atoms with van der Waals surface area (Å²) in [7, 11) is -0.0534. The third-order valence-electron chi connectivity index (χ3n) is 12.5. The topological polar surface area (TPSA) is 181 Å². The fourth-order valence-electron chi connectivity index (χ4n) is 9.00. The second-order valence-corrected chi connectivity index (χ2v) is 24.8. The number of aromatic nitrogens is 6. The van der Waals surface area contributed by atoms with E-state index in [1.54, 1.807) is 22.2 Å². The number of hydrogen-bond donors (Lipinski definition) is 3. The van der Waals surface area contributed by atoms with Gasteiger partial charge < -0.3 is 34.3 Å². The number of amides is 3. The van der Waals surface area contributed by atoms with Crippen LogP contribution in [0.3, 0.4) is 0 Å². The Hall–Kier alpha value is -5.61. The van der Waals surface area contributed by atoms with Crippen molar-refractivity contribution in [1.82, 2.24) is 44.6 Å². The van der Waals surface area contributed by atoms with Crippen LogP contribution in [0.1, 0.15) is 78.0 Å². The fourth-order valence-corrected chi connectivity index (χ4v) is 9.76. The number of benzene rings is 2. The van der Waals surface area contributed by atoms with Crippen molar-refractivity contribution in [2.75, 3.05) is 26.8 Å². The Morgan fingerprint density at radius 2 is 1.68 bits per heavy atom. The van der Waals surface area contributed by atoms with Crippen LogP contribution in [0.4, 0.5) is 9.59 Å². The van der Waals surface area contributed by atoms with Crippen molar-refractivity contribution in [2.45, 2.75) is 110 Å². The van der Waals surface area contributed by atoms with E-state index in [0.29, 0.717) is 37.8 Å². The first-order valence-electron chi connectivity index (χ1n) is 21.6. The Labute approximate surface area is 364 Å². The predicted octanol–water partition coefficient (Wildman–Crippen LogP) is 8.92. The first-order chi connectivity index (χ1) is 29.4. The van der Waals surface area contributed by atoms with Crippen LogP contribution in [0.15, 0.2) is 61.1 Å². The zero-order valence-electron chi connectivity index (χ0n) is 37.5. The monoisotopic (exact) mass is 863 g/mol. The lowest BCUT2D eigenvalue weighted by Crippen LogP contribution is -2.54. The summed E-state index contributed by atoms with van der Waals surface area (Å²) in [6, 6.07) is 14.1. The minimum Gasteiger partial charge on any atom is -0.465 e. The molecule has 62 heavy (non-hydrogen) atoms. The molecule has 3 N–H and O–H groups in total. The largest absolute Gasteiger partial charge is 0.465 e. The van der Waals surface area contributed by atoms with Gasteiger partial charge in [0.2, 0.25) is 5.91 Å². The van der Waals surface area contributed by atoms with Crippen LogP contribution >= 0.6 is 0 Å². The third kappa shape index (κ3) is 8.84. The Kier molecular flexibility index (Phi) is 12.6. The Bertz CT molecular complexity index is 2420. The van der Waals surface area contributed by atoms with E-state index >= 15 is 0 Å². The van der Waals surface area contributed by atoms with E-state index in [9.17, 15) is 19.5 Å². The van der Waals surface area contributed by atoms with E-state index < -0.39 is 37.3 Å². The number of nitrogens with one attached hydrogen (secondary N) is 2. The second kappa shape index (κ2) is 17.6. The number of ether oxygens (including phenoxy) is 2. The van der Waals surface area contributed by atoms with E-state index in [1.807, 2.05) is 62.5 Å². The van der Waals surface area contributed by atoms with Crippen LogP contribution in [0.5, 0.6) is 0 Å². The lowest BCUT2D eigenvalue weighted by Gasteiger charge is -2.46. The summed E-state index contributed by atoms with van der Waals surface area (Å²) >= 11 is 0. The van der Waals surface area contributed by atoms with E-state index in [0.717, 1.165) is 70.1 Å². The molecule has 330 valence electrons. The third-order valence-corrected chi connectivity index (χ3v) is 14.2. The normalized spacial score (nSPS) is 18.8. The molecule has 0 unspecified atom stereocenters. The number of carboxylic acid groups (broad SMARTS) is 1. The molecule has 2 aliphatic heterocycles. The van der Waals surface area contributed by atoms with Crippen LogP contribution in [0.2, 0.25) is 25.7 Å². The number of imidazole rings is 2. The zero-order chi connectivity index (χ0) is 44.6. The van der Waals surface area contributed by atoms with Crippen LogP contribution in [-0.2, 0) is 26.5 Å². The second-order valence-electron chi connectivity index (χ2n) is 19.2. The van der Waals surface area contributed by atoms with Gasteiger partial charge in [0.15, 0.2) is 0 Å². The maximum absolute atomic E-state index is 13.6. The van der Waals surface area contributed by atoms with E-state index in [2.05, 4.69) is 60.3 Å². The standard InChI is InChI=1S/C46H61N9O6Si/c1-29(2)39(52-43(57)60-6)41(56)53-20-10-12-37(53)40-48-26-36(51-40)31-15-13-30(14-16-31)35-25-47-34-24-32(17-18-33(34)50-35)38-27-49-42(54(38)28-61-22-23-62(7,8)9)46(45(3,4)5)19-11-21-55(46)44(58)59/h13-18,24-27,29,37,39H,10-12,19-23,28H2,1-9H3,(H,48,51)(H,52,57)(H,58,59)/t37-,39-,46+/m0/s1. The number of carbonyl (C=O) groups excluding carboxylic acids is 2. The molecule has 2 fully saturated rings. The number of rotatable bonds is 13. The van der Waals surface area contributed by atoms with Crippen LogP contribution in [-0.4, -0.2) is 103 Å². The van der Waals surface area contributed by atoms with Gasteiger partial charge in [0, 0.05) is 38.9 Å². The maximum atomic E-state index is 13.6. The lowest BCUT2D eigenvalue weighted by atomic mass is 9.71. The molecule has 5 aromatic rings. The molecule has 15 nitrogen and oxygen atoms in total. The average Bonchev–Trinajstić information content (AvgIpc) is 4.06. The van der Waals surface area contributed by atoms with Gasteiger partial charge >= 0.3 is 12.2 Å². The number of nitrogens with zero attached hydrogens (tertiary/aromatic N) is 7. The molecule has 16 heteroatoms. The molecule has 2 aliphatic rings. The predicted molar refractivity (Wildman–Crippen MR) is 241 cm³/mol. The molecule has 2 saturated heterocycles. The van der Waals surface area contributed by atoms with Gasteiger partial charge in [-0.1, -0.05) is 84.6 Å². The molecule has 3 aromatic heterocycles. The van der Waals surface area contributed by atoms with Gasteiger partial charge in [-0.3, -0.25) is 14.7 Å². The molecule has 5 heterocycles. The minimum atomic E-state index is -1.34. The molecular formula is C46H61N9O6Si. The summed E-state index contributed by atoms with van der Waals surface area (Å²) in [5, 5.41) is 13.1. The van der Waals surface area contributed by atoms with Gasteiger partial charge in [0.1, 0.15) is 30.0 Å². The van der Waals surface area contributed by atoms with Crippen LogP contribution in [0, 0.1) is 11.3 Å². The fraction of sp³-hybridized carbons (Fsp3) is 0.500. The highest BCUT2D eigenvalue weighted by molar-refractivity contribution is 6.76. The van der Waals surface area contributed by atoms with Crippen molar-refractivity contribution in [1.29, 1.82) is 0 Å². The number of alkyl carbamates (subject to hydrolysis) is 1. The van der Waals surface area contributed by atoms with Gasteiger partial charge in [-0.15, -0.1) is 0 Å². The number of aromatic amines is 1. The molecular weight excluding hydrogens is 803 g/mol. The van der Waals surface area contributed by atoms with Crippen molar-refractivity contribution in [2.24, 2.45) is 11.3 Å². The molecule has 7 rings (SSSR count). The number of hydrogen-bond acceptors (Lipinski definition) is 9. The van der Waals surface area contributed by atoms with Crippen molar-refractivity contribution in [3.05, 3.63) is 72.7 Å². The smallest absolute Gasteiger partial charge is 0.408 e. The van der Waals surface area contributed by atoms with Crippen LogP contribution in [0.25, 0.3) is 44.8 Å². The number of methoxy groups -OCH3 is 1. The summed E-state index contributed by atoms with van der Waals surface area (Å²) in [6.07, 6.45) is 6.87. The van der Waals surface area contributed by atoms with E-state index in [1.165, 1.54) is 7.11 Å². The summed E-state index contributed by atoms with van der Waals surface area (Å²) in [6.45, 7) is 19.0. The molecule has 0 saturated carbocycles. The van der Waals surface area contributed by atoms with Crippen molar-refractivity contribution in [3.8, 4) is 33.8 Å². The van der Waals surface area contributed by atoms with E-state index in [4.69, 9.17) is 24.4 Å². The Morgan fingerprint density at radius 3 is 2.35 bits per heavy atom. The van der Waals surface area contributed by atoms with E-state index in [-0.39, 0.29) is 24.6 Å². The summed E-state index contributed by atoms with van der Waals surface area (Å²) in [5.41, 5.74) is 5.32. The number of fused-ring (bicyclic) bond motifs is 1. The quantitative estimate of drug-likeness (QED) is 0.0764. The number of carbonyl (C=O) groups is 3. The number of likely N-dealkylation sites (tertiary alicyclic amines) is 2. The van der Waals surface area contributed by atoms with Gasteiger partial charge in [0.05, 0.1) is 59.9 Å². The van der Waals surface area contributed by atoms with Gasteiger partial charge in [-0.05, 0) is 60.8 Å². The maximum Gasteiger partial charge on any atom is 0.408 e. The molecule has 0 radical (unpaired) electrons. The molecule has 0 spiro atoms. The van der Waals surface area contributed by atoms with Crippen molar-refractivity contribution in [3.63, 3.8) is 0 Å². The average molecular weight is 864 g/mol. The van der Waals surface area contributed by atoms with Gasteiger partial charge in [0.25, 0.3) is 0 Å². The Morgan fingerprint density at radius 1 is 0.952 bits per heavy atom. The highest BCUT2D eigenvalue weighted by Gasteiger charge is 2.56. The SMILES string of the molecule is COC(=O)N[C@H](C(=O)N1CCC[C@H]1c1ncc(-c2ccc(-c3cnc4cc(-c5cnc([C@@]6(C(C)(C)C)CCCN6C(=O)O)n5COCC[Si](C)(C)C)ccc4n3)cc2)[nH]1)C(C)C.